The van der Waals surface area contributed by atoms with Gasteiger partial charge in [0.2, 0.25) is 0 Å². The monoisotopic (exact) mass is 698 g/mol. The zero-order valence-electron chi connectivity index (χ0n) is 26.4. The Balaban J connectivity index is 1.59. The summed E-state index contributed by atoms with van der Waals surface area (Å²) < 4.78 is 101. The fourth-order valence-electron chi connectivity index (χ4n) is 6.98. The lowest BCUT2D eigenvalue weighted by Gasteiger charge is -2.37. The minimum atomic E-state index is -4.93. The number of nitrogens with zero attached hydrogens (tertiary/aromatic N) is 6. The van der Waals surface area contributed by atoms with Gasteiger partial charge in [0.25, 0.3) is 5.92 Å². The number of hydrogen-bond acceptors (Lipinski definition) is 10. The number of anilines is 2. The molecule has 17 heteroatoms. The highest BCUT2D eigenvalue weighted by molar-refractivity contribution is 6.34. The summed E-state index contributed by atoms with van der Waals surface area (Å²) in [5.74, 6) is -4.12. The van der Waals surface area contributed by atoms with Gasteiger partial charge in [-0.15, -0.1) is 0 Å². The summed E-state index contributed by atoms with van der Waals surface area (Å²) in [4.78, 5) is 20.0. The standard InChI is InChI=1S/C31H33ClF6N8O2/c1-14(16-6-5-7-41-26(16)40)46-8-9-47-25-20-24(43-28(44-27(20)46)48-15(2)17-10-30(34,35)13-45(17)4)23(33)21(22(25)32)29(3)11-19(39)42-12-18(29)31(36,37)38/h5-7,12,14-15,17H,8-11,13H2,1-4H3,(H2,39,42)(H2,40,41)/t14-,15+,17+,29-/m1/s1. The summed E-state index contributed by atoms with van der Waals surface area (Å²) in [5, 5.41) is -0.430. The van der Waals surface area contributed by atoms with E-state index in [1.165, 1.54) is 25.1 Å². The Morgan fingerprint density at radius 3 is 2.56 bits per heavy atom. The summed E-state index contributed by atoms with van der Waals surface area (Å²) >= 11 is 6.83. The number of amidine groups is 1. The average molecular weight is 699 g/mol. The molecule has 0 radical (unpaired) electrons. The highest BCUT2D eigenvalue weighted by Gasteiger charge is 2.52. The molecule has 0 aliphatic carbocycles. The molecule has 4 atom stereocenters. The van der Waals surface area contributed by atoms with E-state index in [9.17, 15) is 22.0 Å². The maximum atomic E-state index is 17.1. The topological polar surface area (TPSA) is 128 Å². The van der Waals surface area contributed by atoms with Crippen LogP contribution in [0.5, 0.6) is 11.8 Å². The average Bonchev–Trinajstić information content (AvgIpc) is 3.14. The molecule has 48 heavy (non-hydrogen) atoms. The molecule has 0 amide bonds. The van der Waals surface area contributed by atoms with E-state index in [0.29, 0.717) is 11.8 Å². The SMILES string of the molecule is C[C@H](Oc1nc2c3c(c(Cl)c([C@]4(C)CC(N)=NC=C4C(F)(F)F)c(F)c3n1)OCCN2[C@H](C)c1cccnc1N)[C@@H]1CC(F)(F)CN1C. The number of benzene rings is 1. The molecule has 3 aliphatic rings. The Hall–Kier alpha value is -4.05. The molecule has 0 saturated carbocycles. The van der Waals surface area contributed by atoms with E-state index in [-0.39, 0.29) is 47.8 Å². The Morgan fingerprint density at radius 2 is 1.92 bits per heavy atom. The fourth-order valence-corrected chi connectivity index (χ4v) is 7.42. The third-order valence-corrected chi connectivity index (χ3v) is 9.68. The van der Waals surface area contributed by atoms with Crippen molar-refractivity contribution in [2.75, 3.05) is 37.4 Å². The van der Waals surface area contributed by atoms with Crippen LogP contribution in [-0.4, -0.2) is 76.7 Å². The van der Waals surface area contributed by atoms with Crippen LogP contribution in [-0.2, 0) is 5.41 Å². The van der Waals surface area contributed by atoms with Gasteiger partial charge < -0.3 is 25.8 Å². The van der Waals surface area contributed by atoms with E-state index in [2.05, 4.69) is 19.9 Å². The predicted octanol–water partition coefficient (Wildman–Crippen LogP) is 5.93. The minimum absolute atomic E-state index is 0.0174. The van der Waals surface area contributed by atoms with Crippen LogP contribution in [0.3, 0.4) is 0 Å². The number of pyridine rings is 1. The van der Waals surface area contributed by atoms with Crippen molar-refractivity contribution in [3.63, 3.8) is 0 Å². The zero-order valence-corrected chi connectivity index (χ0v) is 27.1. The van der Waals surface area contributed by atoms with Crippen molar-refractivity contribution in [3.05, 3.63) is 52.1 Å². The van der Waals surface area contributed by atoms with Crippen molar-refractivity contribution >= 4 is 40.0 Å². The molecule has 1 aromatic carbocycles. The molecule has 0 spiro atoms. The van der Waals surface area contributed by atoms with Crippen LogP contribution in [0.25, 0.3) is 10.9 Å². The van der Waals surface area contributed by atoms with Crippen molar-refractivity contribution in [3.8, 4) is 11.8 Å². The normalized spacial score (nSPS) is 24.1. The van der Waals surface area contributed by atoms with Crippen LogP contribution in [0, 0.1) is 5.82 Å². The number of likely N-dealkylation sites (tertiary alicyclic amines) is 1. The lowest BCUT2D eigenvalue weighted by Crippen LogP contribution is -2.40. The summed E-state index contributed by atoms with van der Waals surface area (Å²) in [6, 6.07) is 1.79. The smallest absolute Gasteiger partial charge is 0.415 e. The molecule has 1 saturated heterocycles. The van der Waals surface area contributed by atoms with E-state index in [0.717, 1.165) is 0 Å². The largest absolute Gasteiger partial charge is 0.489 e. The molecule has 4 N–H and O–H groups in total. The van der Waals surface area contributed by atoms with Gasteiger partial charge >= 0.3 is 12.2 Å². The van der Waals surface area contributed by atoms with Gasteiger partial charge in [-0.05, 0) is 27.0 Å². The van der Waals surface area contributed by atoms with Crippen molar-refractivity contribution in [2.45, 2.75) is 69.3 Å². The molecule has 1 fully saturated rings. The summed E-state index contributed by atoms with van der Waals surface area (Å²) in [6.07, 6.45) is -4.73. The lowest BCUT2D eigenvalue weighted by atomic mass is 9.71. The maximum Gasteiger partial charge on any atom is 0.415 e. The second-order valence-corrected chi connectivity index (χ2v) is 13.0. The molecule has 2 aromatic heterocycles. The van der Waals surface area contributed by atoms with Crippen LogP contribution in [0.15, 0.2) is 35.1 Å². The second-order valence-electron chi connectivity index (χ2n) is 12.6. The predicted molar refractivity (Wildman–Crippen MR) is 168 cm³/mol. The summed E-state index contributed by atoms with van der Waals surface area (Å²) in [7, 11) is 1.53. The first-order valence-electron chi connectivity index (χ1n) is 15.1. The fraction of sp³-hybridized carbons (Fsp3) is 0.484. The van der Waals surface area contributed by atoms with Crippen LogP contribution >= 0.6 is 11.6 Å². The number of allylic oxidation sites excluding steroid dienone is 1. The number of alkyl halides is 5. The number of aliphatic imine (C=N–C) groups is 1. The van der Waals surface area contributed by atoms with Gasteiger partial charge in [-0.1, -0.05) is 24.6 Å². The summed E-state index contributed by atoms with van der Waals surface area (Å²) in [6.45, 7) is 4.16. The number of aromatic nitrogens is 3. The van der Waals surface area contributed by atoms with E-state index >= 15 is 4.39 Å². The maximum absolute atomic E-state index is 17.1. The van der Waals surface area contributed by atoms with Crippen LogP contribution in [0.4, 0.5) is 38.0 Å². The van der Waals surface area contributed by atoms with E-state index in [4.69, 9.17) is 32.5 Å². The molecular weight excluding hydrogens is 666 g/mol. The van der Waals surface area contributed by atoms with E-state index in [1.54, 1.807) is 24.0 Å². The highest BCUT2D eigenvalue weighted by Crippen LogP contribution is 2.54. The van der Waals surface area contributed by atoms with Crippen molar-refractivity contribution < 1.29 is 35.8 Å². The van der Waals surface area contributed by atoms with Gasteiger partial charge in [0.15, 0.2) is 11.6 Å². The van der Waals surface area contributed by atoms with Gasteiger partial charge in [-0.2, -0.15) is 23.1 Å². The van der Waals surface area contributed by atoms with Gasteiger partial charge in [0.1, 0.15) is 35.7 Å². The van der Waals surface area contributed by atoms with Gasteiger partial charge in [0, 0.05) is 41.8 Å². The van der Waals surface area contributed by atoms with Gasteiger partial charge in [-0.3, -0.25) is 4.90 Å². The quantitative estimate of drug-likeness (QED) is 0.301. The number of hydrogen-bond donors (Lipinski definition) is 2. The van der Waals surface area contributed by atoms with Crippen molar-refractivity contribution in [2.24, 2.45) is 10.7 Å². The molecule has 6 rings (SSSR count). The minimum Gasteiger partial charge on any atom is -0.489 e. The molecule has 258 valence electrons. The third-order valence-electron chi connectivity index (χ3n) is 9.32. The first kappa shape index (κ1) is 33.8. The number of nitrogens with two attached hydrogens (primary N) is 2. The molecule has 0 unspecified atom stereocenters. The lowest BCUT2D eigenvalue weighted by molar-refractivity contribution is -0.101. The number of likely N-dealkylation sites (N-methyl/N-ethyl adjacent to an activating group) is 1. The zero-order chi connectivity index (χ0) is 34.9. The number of halogens is 7. The molecule has 3 aromatic rings. The van der Waals surface area contributed by atoms with E-state index in [1.807, 2.05) is 6.92 Å². The number of nitrogen functional groups attached to an aromatic ring is 1. The Morgan fingerprint density at radius 1 is 1.19 bits per heavy atom. The molecule has 3 aliphatic heterocycles. The molecule has 0 bridgehead atoms. The molecular formula is C31H33ClF6N8O2. The molecule has 10 nitrogen and oxygen atoms in total. The first-order valence-corrected chi connectivity index (χ1v) is 15.5. The third kappa shape index (κ3) is 5.71. The van der Waals surface area contributed by atoms with Crippen LogP contribution < -0.4 is 25.8 Å². The van der Waals surface area contributed by atoms with Crippen LogP contribution in [0.2, 0.25) is 5.02 Å². The number of ether oxygens (including phenoxy) is 2. The highest BCUT2D eigenvalue weighted by atomic mass is 35.5. The Kier molecular flexibility index (Phi) is 8.34. The Bertz CT molecular complexity index is 1840. The van der Waals surface area contributed by atoms with Crippen molar-refractivity contribution in [1.29, 1.82) is 0 Å². The van der Waals surface area contributed by atoms with Gasteiger partial charge in [-0.25, -0.2) is 23.1 Å². The van der Waals surface area contributed by atoms with E-state index < -0.39 is 82.6 Å². The van der Waals surface area contributed by atoms with Gasteiger partial charge in [0.05, 0.1) is 41.2 Å². The summed E-state index contributed by atoms with van der Waals surface area (Å²) in [5.41, 5.74) is 8.40. The molecule has 5 heterocycles. The number of rotatable bonds is 6. The van der Waals surface area contributed by atoms with Crippen molar-refractivity contribution in [1.82, 2.24) is 19.9 Å². The first-order chi connectivity index (χ1) is 22.4. The van der Waals surface area contributed by atoms with Crippen LogP contribution in [0.1, 0.15) is 50.8 Å². The Labute approximate surface area is 276 Å². The second kappa shape index (κ2) is 11.8.